The Morgan fingerprint density at radius 1 is 0.812 bits per heavy atom. The number of fused-ring (bicyclic) bond motifs is 1. The van der Waals surface area contributed by atoms with E-state index < -0.39 is 5.91 Å². The van der Waals surface area contributed by atoms with Crippen molar-refractivity contribution >= 4 is 22.9 Å². The monoisotopic (exact) mass is 417 g/mol. The largest absolute Gasteiger partial charge is 0.311 e. The van der Waals surface area contributed by atoms with Gasteiger partial charge in [-0.3, -0.25) is 4.79 Å². The van der Waals surface area contributed by atoms with E-state index in [0.717, 1.165) is 27.6 Å². The number of carbonyl (C=O) groups excluding carboxylic acids is 1. The molecule has 0 aliphatic carbocycles. The molecule has 6 nitrogen and oxygen atoms in total. The molecule has 32 heavy (non-hydrogen) atoms. The second kappa shape index (κ2) is 8.65. The van der Waals surface area contributed by atoms with Crippen LogP contribution in [0.1, 0.15) is 16.2 Å². The molecule has 1 amide bonds. The fourth-order valence-electron chi connectivity index (χ4n) is 3.44. The summed E-state index contributed by atoms with van der Waals surface area (Å²) in [6.07, 6.45) is 1.61. The molecule has 0 aliphatic heterocycles. The number of amides is 1. The van der Waals surface area contributed by atoms with E-state index >= 15 is 0 Å². The second-order valence-corrected chi connectivity index (χ2v) is 7.18. The molecule has 4 aromatic carbocycles. The van der Waals surface area contributed by atoms with Crippen LogP contribution in [-0.2, 0) is 0 Å². The van der Waals surface area contributed by atoms with Gasteiger partial charge < -0.3 is 0 Å². The van der Waals surface area contributed by atoms with Gasteiger partial charge in [-0.2, -0.15) is 5.10 Å². The van der Waals surface area contributed by atoms with Crippen molar-refractivity contribution in [1.29, 1.82) is 0 Å². The van der Waals surface area contributed by atoms with Gasteiger partial charge in [0.25, 0.3) is 0 Å². The van der Waals surface area contributed by atoms with Crippen molar-refractivity contribution < 1.29 is 4.79 Å². The summed E-state index contributed by atoms with van der Waals surface area (Å²) in [5, 5.41) is 10.8. The van der Waals surface area contributed by atoms with E-state index in [0.29, 0.717) is 5.82 Å². The van der Waals surface area contributed by atoms with Crippen molar-refractivity contribution in [1.82, 2.24) is 20.2 Å². The predicted octanol–water partition coefficient (Wildman–Crippen LogP) is 4.85. The quantitative estimate of drug-likeness (QED) is 0.328. The van der Waals surface area contributed by atoms with Gasteiger partial charge in [-0.15, -0.1) is 5.10 Å². The maximum absolute atomic E-state index is 12.7. The fraction of sp³-hybridized carbons (Fsp3) is 0. The first-order valence-electron chi connectivity index (χ1n) is 10.2. The van der Waals surface area contributed by atoms with Gasteiger partial charge >= 0.3 is 5.91 Å². The molecule has 0 radical (unpaired) electrons. The standard InChI is InChI=1S/C26H19N5O/c32-26(29-27-18-19-15-16-20-9-7-8-12-22(20)17-19)24-28-25(21-10-3-1-4-11-21)31(30-24)23-13-5-2-6-14-23/h1-18H,(H,29,32)/b27-18-. The van der Waals surface area contributed by atoms with Crippen LogP contribution in [0.3, 0.4) is 0 Å². The van der Waals surface area contributed by atoms with E-state index in [1.165, 1.54) is 0 Å². The number of hydrazone groups is 1. The van der Waals surface area contributed by atoms with Crippen molar-refractivity contribution in [2.45, 2.75) is 0 Å². The van der Waals surface area contributed by atoms with Crippen LogP contribution >= 0.6 is 0 Å². The van der Waals surface area contributed by atoms with Gasteiger partial charge in [-0.25, -0.2) is 15.1 Å². The molecule has 0 fully saturated rings. The summed E-state index contributed by atoms with van der Waals surface area (Å²) in [5.74, 6) is 0.151. The van der Waals surface area contributed by atoms with Crippen molar-refractivity contribution in [3.8, 4) is 17.1 Å². The van der Waals surface area contributed by atoms with Crippen LogP contribution < -0.4 is 5.43 Å². The number of aromatic nitrogens is 3. The molecule has 0 aliphatic rings. The summed E-state index contributed by atoms with van der Waals surface area (Å²) in [6, 6.07) is 33.3. The first-order chi connectivity index (χ1) is 15.8. The van der Waals surface area contributed by atoms with E-state index in [9.17, 15) is 4.79 Å². The third-order valence-corrected chi connectivity index (χ3v) is 5.00. The summed E-state index contributed by atoms with van der Waals surface area (Å²) in [5.41, 5.74) is 5.10. The molecular formula is C26H19N5O. The molecule has 6 heteroatoms. The lowest BCUT2D eigenvalue weighted by molar-refractivity contribution is 0.0945. The maximum Gasteiger partial charge on any atom is 0.311 e. The van der Waals surface area contributed by atoms with Crippen LogP contribution in [-0.4, -0.2) is 26.9 Å². The van der Waals surface area contributed by atoms with Crippen LogP contribution in [0.25, 0.3) is 27.8 Å². The van der Waals surface area contributed by atoms with Gasteiger partial charge in [-0.05, 0) is 34.5 Å². The third-order valence-electron chi connectivity index (χ3n) is 5.00. The summed E-state index contributed by atoms with van der Waals surface area (Å²) in [7, 11) is 0. The van der Waals surface area contributed by atoms with E-state index in [1.54, 1.807) is 10.9 Å². The predicted molar refractivity (Wildman–Crippen MR) is 126 cm³/mol. The first kappa shape index (κ1) is 19.4. The Bertz CT molecular complexity index is 1350. The number of nitrogens with one attached hydrogen (secondary N) is 1. The topological polar surface area (TPSA) is 72.2 Å². The molecule has 0 bridgehead atoms. The Labute approximate surface area is 184 Å². The third kappa shape index (κ3) is 4.02. The normalized spacial score (nSPS) is 11.1. The lowest BCUT2D eigenvalue weighted by Crippen LogP contribution is -2.19. The molecule has 0 unspecified atom stereocenters. The number of rotatable bonds is 5. The summed E-state index contributed by atoms with van der Waals surface area (Å²) in [4.78, 5) is 17.2. The molecule has 1 heterocycles. The van der Waals surface area contributed by atoms with Gasteiger partial charge in [0.15, 0.2) is 5.82 Å². The Hall–Kier alpha value is -4.58. The van der Waals surface area contributed by atoms with Gasteiger partial charge in [0.05, 0.1) is 11.9 Å². The lowest BCUT2D eigenvalue weighted by Gasteiger charge is -2.05. The molecule has 5 aromatic rings. The Balaban J connectivity index is 1.40. The lowest BCUT2D eigenvalue weighted by atomic mass is 10.1. The highest BCUT2D eigenvalue weighted by molar-refractivity contribution is 5.93. The molecule has 0 saturated heterocycles. The zero-order valence-corrected chi connectivity index (χ0v) is 17.1. The van der Waals surface area contributed by atoms with E-state index in [-0.39, 0.29) is 5.82 Å². The van der Waals surface area contributed by atoms with Crippen molar-refractivity contribution in [3.63, 3.8) is 0 Å². The maximum atomic E-state index is 12.7. The van der Waals surface area contributed by atoms with Gasteiger partial charge in [-0.1, -0.05) is 84.9 Å². The molecule has 1 aromatic heterocycles. The van der Waals surface area contributed by atoms with E-state index in [2.05, 4.69) is 26.7 Å². The number of hydrogen-bond donors (Lipinski definition) is 1. The molecule has 5 rings (SSSR count). The summed E-state index contributed by atoms with van der Waals surface area (Å²) in [6.45, 7) is 0. The molecule has 0 atom stereocenters. The van der Waals surface area contributed by atoms with Crippen LogP contribution in [0.4, 0.5) is 0 Å². The zero-order valence-electron chi connectivity index (χ0n) is 17.1. The average molecular weight is 417 g/mol. The number of para-hydroxylation sites is 1. The van der Waals surface area contributed by atoms with Crippen LogP contribution in [0.2, 0.25) is 0 Å². The Morgan fingerprint density at radius 2 is 1.50 bits per heavy atom. The van der Waals surface area contributed by atoms with E-state index in [1.807, 2.05) is 97.1 Å². The summed E-state index contributed by atoms with van der Waals surface area (Å²) < 4.78 is 1.66. The zero-order chi connectivity index (χ0) is 21.8. The molecule has 154 valence electrons. The highest BCUT2D eigenvalue weighted by Gasteiger charge is 2.18. The number of hydrogen-bond acceptors (Lipinski definition) is 4. The highest BCUT2D eigenvalue weighted by Crippen LogP contribution is 2.21. The minimum Gasteiger partial charge on any atom is -0.264 e. The minimum atomic E-state index is -0.478. The molecular weight excluding hydrogens is 398 g/mol. The van der Waals surface area contributed by atoms with Crippen LogP contribution in [0.15, 0.2) is 108 Å². The molecule has 0 saturated carbocycles. The van der Waals surface area contributed by atoms with E-state index in [4.69, 9.17) is 0 Å². The first-order valence-corrected chi connectivity index (χ1v) is 10.2. The highest BCUT2D eigenvalue weighted by atomic mass is 16.2. The minimum absolute atomic E-state index is 0.0448. The van der Waals surface area contributed by atoms with Crippen molar-refractivity contribution in [3.05, 3.63) is 115 Å². The Kier molecular flexibility index (Phi) is 5.24. The number of nitrogens with zero attached hydrogens (tertiary/aromatic N) is 4. The van der Waals surface area contributed by atoms with Gasteiger partial charge in [0.2, 0.25) is 5.82 Å². The van der Waals surface area contributed by atoms with Gasteiger partial charge in [0.1, 0.15) is 0 Å². The number of benzene rings is 4. The summed E-state index contributed by atoms with van der Waals surface area (Å²) >= 11 is 0. The smallest absolute Gasteiger partial charge is 0.264 e. The van der Waals surface area contributed by atoms with Crippen LogP contribution in [0.5, 0.6) is 0 Å². The fourth-order valence-corrected chi connectivity index (χ4v) is 3.44. The van der Waals surface area contributed by atoms with Crippen LogP contribution in [0, 0.1) is 0 Å². The number of carbonyl (C=O) groups is 1. The molecule has 0 spiro atoms. The molecule has 1 N–H and O–H groups in total. The van der Waals surface area contributed by atoms with Crippen molar-refractivity contribution in [2.24, 2.45) is 5.10 Å². The average Bonchev–Trinajstić information content (AvgIpc) is 3.31. The van der Waals surface area contributed by atoms with Crippen molar-refractivity contribution in [2.75, 3.05) is 0 Å². The second-order valence-electron chi connectivity index (χ2n) is 7.18. The SMILES string of the molecule is O=C(N/N=C\c1ccc2ccccc2c1)c1nc(-c2ccccc2)n(-c2ccccc2)n1. The Morgan fingerprint density at radius 3 is 2.28 bits per heavy atom. The van der Waals surface area contributed by atoms with Gasteiger partial charge in [0, 0.05) is 5.56 Å².